The molecule has 0 radical (unpaired) electrons. The molecule has 1 aromatic heterocycles. The summed E-state index contributed by atoms with van der Waals surface area (Å²) < 4.78 is 27.1. The van der Waals surface area contributed by atoms with E-state index in [1.165, 1.54) is 6.20 Å². The maximum absolute atomic E-state index is 13.5. The third kappa shape index (κ3) is 3.10. The highest BCUT2D eigenvalue weighted by Crippen LogP contribution is 2.37. The second-order valence-electron chi connectivity index (χ2n) is 7.44. The largest absolute Gasteiger partial charge is 0.370 e. The van der Waals surface area contributed by atoms with Gasteiger partial charge in [-0.05, 0) is 69.0 Å². The van der Waals surface area contributed by atoms with Gasteiger partial charge >= 0.3 is 0 Å². The van der Waals surface area contributed by atoms with E-state index in [4.69, 9.17) is 0 Å². The molecule has 0 bridgehead atoms. The highest BCUT2D eigenvalue weighted by Gasteiger charge is 2.28. The number of sulfone groups is 1. The lowest BCUT2D eigenvalue weighted by atomic mass is 10.1. The molecule has 5 heteroatoms. The van der Waals surface area contributed by atoms with Gasteiger partial charge in [0.05, 0.1) is 16.1 Å². The molecular formula is C22H24N2O2S. The van der Waals surface area contributed by atoms with Crippen LogP contribution in [0.15, 0.2) is 52.4 Å². The molecule has 1 aliphatic rings. The first kappa shape index (κ1) is 18.0. The fourth-order valence-corrected chi connectivity index (χ4v) is 5.26. The van der Waals surface area contributed by atoms with E-state index in [9.17, 15) is 8.42 Å². The molecule has 0 spiro atoms. The van der Waals surface area contributed by atoms with Crippen LogP contribution in [0.2, 0.25) is 0 Å². The fourth-order valence-electron chi connectivity index (χ4n) is 3.75. The third-order valence-corrected chi connectivity index (χ3v) is 7.21. The number of aromatic nitrogens is 1. The smallest absolute Gasteiger partial charge is 0.210 e. The van der Waals surface area contributed by atoms with E-state index in [0.717, 1.165) is 59.2 Å². The monoisotopic (exact) mass is 380 g/mol. The van der Waals surface area contributed by atoms with Gasteiger partial charge in [-0.25, -0.2) is 8.42 Å². The van der Waals surface area contributed by atoms with Gasteiger partial charge in [0.25, 0.3) is 0 Å². The van der Waals surface area contributed by atoms with Crippen molar-refractivity contribution in [1.29, 1.82) is 0 Å². The molecule has 1 saturated heterocycles. The summed E-state index contributed by atoms with van der Waals surface area (Å²) in [6.07, 6.45) is 3.70. The Balaban J connectivity index is 2.00. The van der Waals surface area contributed by atoms with E-state index in [1.54, 1.807) is 12.1 Å². The van der Waals surface area contributed by atoms with Gasteiger partial charge in [-0.1, -0.05) is 17.7 Å². The standard InChI is InChI=1S/C22H24N2O2S/c1-15-6-9-20-19(12-15)22(24-10-4-5-11-24)21(14-23-20)27(25,26)18-8-7-16(2)17(3)13-18/h6-9,12-14H,4-5,10-11H2,1-3H3. The summed E-state index contributed by atoms with van der Waals surface area (Å²) in [5.74, 6) is 0. The quantitative estimate of drug-likeness (QED) is 0.667. The minimum absolute atomic E-state index is 0.311. The van der Waals surface area contributed by atoms with Crippen molar-refractivity contribution in [2.75, 3.05) is 18.0 Å². The first-order valence-corrected chi connectivity index (χ1v) is 10.8. The molecule has 4 rings (SSSR count). The molecule has 27 heavy (non-hydrogen) atoms. The Bertz CT molecular complexity index is 1130. The molecule has 0 unspecified atom stereocenters. The van der Waals surface area contributed by atoms with Gasteiger partial charge in [-0.2, -0.15) is 0 Å². The Morgan fingerprint density at radius 2 is 1.67 bits per heavy atom. The van der Waals surface area contributed by atoms with Crippen molar-refractivity contribution in [1.82, 2.24) is 4.98 Å². The van der Waals surface area contributed by atoms with Gasteiger partial charge in [-0.15, -0.1) is 0 Å². The Morgan fingerprint density at radius 1 is 0.926 bits per heavy atom. The Kier molecular flexibility index (Phi) is 4.42. The molecule has 4 nitrogen and oxygen atoms in total. The van der Waals surface area contributed by atoms with Crippen LogP contribution in [0.4, 0.5) is 5.69 Å². The van der Waals surface area contributed by atoms with Gasteiger partial charge < -0.3 is 4.90 Å². The number of nitrogens with zero attached hydrogens (tertiary/aromatic N) is 2. The van der Waals surface area contributed by atoms with Crippen molar-refractivity contribution in [2.24, 2.45) is 0 Å². The summed E-state index contributed by atoms with van der Waals surface area (Å²) in [6.45, 7) is 7.71. The van der Waals surface area contributed by atoms with Gasteiger partial charge in [0.15, 0.2) is 0 Å². The number of hydrogen-bond acceptors (Lipinski definition) is 4. The van der Waals surface area contributed by atoms with Crippen LogP contribution in [0.3, 0.4) is 0 Å². The van der Waals surface area contributed by atoms with Crippen molar-refractivity contribution in [3.05, 3.63) is 59.3 Å². The molecular weight excluding hydrogens is 356 g/mol. The molecule has 1 aliphatic heterocycles. The number of anilines is 1. The van der Waals surface area contributed by atoms with Crippen LogP contribution in [0.5, 0.6) is 0 Å². The lowest BCUT2D eigenvalue weighted by molar-refractivity contribution is 0.595. The number of benzene rings is 2. The third-order valence-electron chi connectivity index (χ3n) is 5.46. The summed E-state index contributed by atoms with van der Waals surface area (Å²) in [5, 5.41) is 0.918. The van der Waals surface area contributed by atoms with E-state index in [-0.39, 0.29) is 0 Å². The zero-order chi connectivity index (χ0) is 19.2. The molecule has 0 atom stereocenters. The minimum atomic E-state index is -3.65. The predicted octanol–water partition coefficient (Wildman–Crippen LogP) is 4.59. The number of hydrogen-bond donors (Lipinski definition) is 0. The van der Waals surface area contributed by atoms with Gasteiger partial charge in [-0.3, -0.25) is 4.98 Å². The van der Waals surface area contributed by atoms with Crippen LogP contribution < -0.4 is 4.90 Å². The molecule has 140 valence electrons. The Morgan fingerprint density at radius 3 is 2.37 bits per heavy atom. The van der Waals surface area contributed by atoms with Gasteiger partial charge in [0, 0.05) is 24.7 Å². The summed E-state index contributed by atoms with van der Waals surface area (Å²) in [5.41, 5.74) is 4.80. The molecule has 2 heterocycles. The summed E-state index contributed by atoms with van der Waals surface area (Å²) in [7, 11) is -3.65. The topological polar surface area (TPSA) is 50.3 Å². The van der Waals surface area contributed by atoms with E-state index >= 15 is 0 Å². The highest BCUT2D eigenvalue weighted by atomic mass is 32.2. The zero-order valence-corrected chi connectivity index (χ0v) is 16.8. The Hall–Kier alpha value is -2.40. The number of pyridine rings is 1. The summed E-state index contributed by atoms with van der Waals surface area (Å²) >= 11 is 0. The SMILES string of the molecule is Cc1ccc2ncc(S(=O)(=O)c3ccc(C)c(C)c3)c(N3CCCC3)c2c1. The van der Waals surface area contributed by atoms with Gasteiger partial charge in [0.2, 0.25) is 9.84 Å². The molecule has 1 fully saturated rings. The maximum atomic E-state index is 13.5. The normalized spacial score (nSPS) is 14.9. The summed E-state index contributed by atoms with van der Waals surface area (Å²) in [4.78, 5) is 7.33. The van der Waals surface area contributed by atoms with Crippen LogP contribution in [-0.4, -0.2) is 26.5 Å². The molecule has 2 aromatic carbocycles. The maximum Gasteiger partial charge on any atom is 0.210 e. The Labute approximate surface area is 160 Å². The second-order valence-corrected chi connectivity index (χ2v) is 9.35. The second kappa shape index (κ2) is 6.64. The lowest BCUT2D eigenvalue weighted by Crippen LogP contribution is -2.21. The van der Waals surface area contributed by atoms with E-state index < -0.39 is 9.84 Å². The van der Waals surface area contributed by atoms with Crippen molar-refractivity contribution in [2.45, 2.75) is 43.4 Å². The number of aryl methyl sites for hydroxylation is 3. The summed E-state index contributed by atoms with van der Waals surface area (Å²) in [6, 6.07) is 11.4. The minimum Gasteiger partial charge on any atom is -0.370 e. The number of fused-ring (bicyclic) bond motifs is 1. The van der Waals surface area contributed by atoms with Crippen molar-refractivity contribution >= 4 is 26.4 Å². The van der Waals surface area contributed by atoms with Crippen molar-refractivity contribution in [3.8, 4) is 0 Å². The molecule has 0 amide bonds. The van der Waals surface area contributed by atoms with E-state index in [2.05, 4.69) is 16.0 Å². The van der Waals surface area contributed by atoms with Crippen molar-refractivity contribution in [3.63, 3.8) is 0 Å². The molecule has 0 aliphatic carbocycles. The van der Waals surface area contributed by atoms with Crippen LogP contribution in [-0.2, 0) is 9.84 Å². The predicted molar refractivity (Wildman–Crippen MR) is 109 cm³/mol. The lowest BCUT2D eigenvalue weighted by Gasteiger charge is -2.23. The van der Waals surface area contributed by atoms with E-state index in [0.29, 0.717) is 9.79 Å². The fraction of sp³-hybridized carbons (Fsp3) is 0.318. The van der Waals surface area contributed by atoms with Crippen LogP contribution in [0.25, 0.3) is 10.9 Å². The van der Waals surface area contributed by atoms with Crippen LogP contribution in [0, 0.1) is 20.8 Å². The average Bonchev–Trinajstić information content (AvgIpc) is 3.17. The molecule has 0 N–H and O–H groups in total. The zero-order valence-electron chi connectivity index (χ0n) is 16.0. The van der Waals surface area contributed by atoms with Gasteiger partial charge in [0.1, 0.15) is 4.90 Å². The van der Waals surface area contributed by atoms with Crippen molar-refractivity contribution < 1.29 is 8.42 Å². The molecule has 0 saturated carbocycles. The van der Waals surface area contributed by atoms with Crippen LogP contribution >= 0.6 is 0 Å². The number of rotatable bonds is 3. The molecule has 3 aromatic rings. The highest BCUT2D eigenvalue weighted by molar-refractivity contribution is 7.91. The van der Waals surface area contributed by atoms with E-state index in [1.807, 2.05) is 39.0 Å². The van der Waals surface area contributed by atoms with Crippen LogP contribution in [0.1, 0.15) is 29.5 Å². The first-order chi connectivity index (χ1) is 12.9. The first-order valence-electron chi connectivity index (χ1n) is 9.34. The average molecular weight is 381 g/mol.